The molecule has 3 rings (SSSR count). The normalized spacial score (nSPS) is 12.0. The molecule has 10 heteroatoms. The van der Waals surface area contributed by atoms with Crippen LogP contribution in [-0.4, -0.2) is 44.8 Å². The van der Waals surface area contributed by atoms with Crippen LogP contribution in [0.2, 0.25) is 10.0 Å². The van der Waals surface area contributed by atoms with Gasteiger partial charge in [0.2, 0.25) is 11.8 Å². The van der Waals surface area contributed by atoms with Gasteiger partial charge in [0.25, 0.3) is 10.0 Å². The Morgan fingerprint density at radius 2 is 1.59 bits per heavy atom. The zero-order valence-corrected chi connectivity index (χ0v) is 23.1. The monoisotopic (exact) mass is 561 g/mol. The van der Waals surface area contributed by atoms with Crippen molar-refractivity contribution in [3.05, 3.63) is 94.0 Å². The Balaban J connectivity index is 2.11. The fraction of sp³-hybridized carbons (Fsp3) is 0.259. The molecule has 0 aliphatic rings. The van der Waals surface area contributed by atoms with Crippen molar-refractivity contribution in [1.82, 2.24) is 10.2 Å². The first-order valence-corrected chi connectivity index (χ1v) is 13.9. The lowest BCUT2D eigenvalue weighted by Gasteiger charge is -2.33. The third kappa shape index (κ3) is 6.44. The van der Waals surface area contributed by atoms with Crippen LogP contribution in [0, 0.1) is 6.92 Å². The van der Waals surface area contributed by atoms with E-state index in [4.69, 9.17) is 23.2 Å². The molecule has 1 N–H and O–H groups in total. The molecule has 1 atom stereocenters. The predicted octanol–water partition coefficient (Wildman–Crippen LogP) is 5.05. The molecular formula is C27H29Cl2N3O4S. The Hall–Kier alpha value is -3.07. The van der Waals surface area contributed by atoms with Crippen LogP contribution in [-0.2, 0) is 26.2 Å². The largest absolute Gasteiger partial charge is 0.357 e. The van der Waals surface area contributed by atoms with Crippen LogP contribution < -0.4 is 9.62 Å². The van der Waals surface area contributed by atoms with Crippen LogP contribution in [0.25, 0.3) is 0 Å². The van der Waals surface area contributed by atoms with Crippen molar-refractivity contribution in [2.45, 2.75) is 37.8 Å². The maximum atomic E-state index is 13.9. The lowest BCUT2D eigenvalue weighted by Crippen LogP contribution is -2.51. The standard InChI is InChI=1S/C27H29Cl2N3O4S/c1-4-23(27(34)30-3)31(17-20-12-9-8-11-19(20)2)25(33)18-32(24-16-10-15-22(28)26(24)29)37(35,36)21-13-6-5-7-14-21/h5-16,23H,4,17-18H2,1-3H3,(H,30,34). The number of anilines is 1. The van der Waals surface area contributed by atoms with Crippen molar-refractivity contribution >= 4 is 50.7 Å². The van der Waals surface area contributed by atoms with Crippen molar-refractivity contribution in [1.29, 1.82) is 0 Å². The summed E-state index contributed by atoms with van der Waals surface area (Å²) < 4.78 is 28.5. The van der Waals surface area contributed by atoms with Gasteiger partial charge in [-0.25, -0.2) is 8.42 Å². The van der Waals surface area contributed by atoms with Crippen LogP contribution >= 0.6 is 23.2 Å². The summed E-state index contributed by atoms with van der Waals surface area (Å²) in [4.78, 5) is 28.1. The third-order valence-corrected chi connectivity index (χ3v) is 8.63. The highest BCUT2D eigenvalue weighted by molar-refractivity contribution is 7.92. The third-order valence-electron chi connectivity index (χ3n) is 6.04. The Morgan fingerprint density at radius 1 is 0.946 bits per heavy atom. The highest BCUT2D eigenvalue weighted by Gasteiger charge is 2.34. The molecule has 0 aromatic heterocycles. The number of benzene rings is 3. The molecule has 0 radical (unpaired) electrons. The second-order valence-corrected chi connectivity index (χ2v) is 11.0. The van der Waals surface area contributed by atoms with E-state index < -0.39 is 28.5 Å². The van der Waals surface area contributed by atoms with Crippen LogP contribution in [0.15, 0.2) is 77.7 Å². The van der Waals surface area contributed by atoms with Crippen LogP contribution in [0.5, 0.6) is 0 Å². The van der Waals surface area contributed by atoms with Crippen molar-refractivity contribution in [3.8, 4) is 0 Å². The summed E-state index contributed by atoms with van der Waals surface area (Å²) in [6.07, 6.45) is 0.334. The van der Waals surface area contributed by atoms with Gasteiger partial charge in [0.05, 0.1) is 20.6 Å². The summed E-state index contributed by atoms with van der Waals surface area (Å²) in [5, 5.41) is 2.75. The molecule has 0 saturated heterocycles. The van der Waals surface area contributed by atoms with E-state index >= 15 is 0 Å². The molecule has 0 heterocycles. The summed E-state index contributed by atoms with van der Waals surface area (Å²) in [7, 11) is -2.72. The molecule has 0 fully saturated rings. The number of carbonyl (C=O) groups excluding carboxylic acids is 2. The predicted molar refractivity (Wildman–Crippen MR) is 147 cm³/mol. The zero-order chi connectivity index (χ0) is 27.2. The minimum absolute atomic E-state index is 0.000249. The highest BCUT2D eigenvalue weighted by Crippen LogP contribution is 2.35. The first kappa shape index (κ1) is 28.5. The maximum Gasteiger partial charge on any atom is 0.264 e. The fourth-order valence-corrected chi connectivity index (χ4v) is 5.87. The molecule has 3 aromatic rings. The van der Waals surface area contributed by atoms with E-state index in [0.29, 0.717) is 6.42 Å². The molecule has 3 aromatic carbocycles. The van der Waals surface area contributed by atoms with E-state index in [2.05, 4.69) is 5.32 Å². The molecule has 0 bridgehead atoms. The molecule has 0 saturated carbocycles. The van der Waals surface area contributed by atoms with E-state index in [1.54, 1.807) is 31.2 Å². The van der Waals surface area contributed by atoms with Gasteiger partial charge in [0.1, 0.15) is 12.6 Å². The minimum atomic E-state index is -4.22. The summed E-state index contributed by atoms with van der Waals surface area (Å²) in [6.45, 7) is 3.25. The van der Waals surface area contributed by atoms with E-state index in [1.165, 1.54) is 36.2 Å². The first-order valence-electron chi connectivity index (χ1n) is 11.7. The van der Waals surface area contributed by atoms with E-state index in [9.17, 15) is 18.0 Å². The number of rotatable bonds is 10. The Bertz CT molecular complexity index is 1370. The highest BCUT2D eigenvalue weighted by atomic mass is 35.5. The Morgan fingerprint density at radius 3 is 2.22 bits per heavy atom. The van der Waals surface area contributed by atoms with E-state index in [0.717, 1.165) is 15.4 Å². The molecule has 0 aliphatic carbocycles. The van der Waals surface area contributed by atoms with Gasteiger partial charge in [-0.05, 0) is 48.7 Å². The number of sulfonamides is 1. The first-order chi connectivity index (χ1) is 17.6. The van der Waals surface area contributed by atoms with Crippen molar-refractivity contribution in [3.63, 3.8) is 0 Å². The molecule has 0 spiro atoms. The smallest absolute Gasteiger partial charge is 0.264 e. The second kappa shape index (κ2) is 12.4. The zero-order valence-electron chi connectivity index (χ0n) is 20.8. The lowest BCUT2D eigenvalue weighted by molar-refractivity contribution is -0.140. The number of carbonyl (C=O) groups is 2. The fourth-order valence-electron chi connectivity index (χ4n) is 3.98. The lowest BCUT2D eigenvalue weighted by atomic mass is 10.1. The number of hydrogen-bond acceptors (Lipinski definition) is 4. The second-order valence-electron chi connectivity index (χ2n) is 8.38. The Kier molecular flexibility index (Phi) is 9.59. The molecule has 196 valence electrons. The summed E-state index contributed by atoms with van der Waals surface area (Å²) in [6, 6.07) is 19.1. The van der Waals surface area contributed by atoms with Crippen LogP contribution in [0.1, 0.15) is 24.5 Å². The van der Waals surface area contributed by atoms with Gasteiger partial charge in [-0.2, -0.15) is 0 Å². The number of likely N-dealkylation sites (N-methyl/N-ethyl adjacent to an activating group) is 1. The number of aryl methyl sites for hydroxylation is 1. The van der Waals surface area contributed by atoms with Gasteiger partial charge in [-0.1, -0.05) is 78.7 Å². The number of amides is 2. The molecular weight excluding hydrogens is 533 g/mol. The van der Waals surface area contributed by atoms with E-state index in [-0.39, 0.29) is 33.1 Å². The van der Waals surface area contributed by atoms with Gasteiger partial charge in [0.15, 0.2) is 0 Å². The molecule has 2 amide bonds. The molecule has 7 nitrogen and oxygen atoms in total. The van der Waals surface area contributed by atoms with Crippen molar-refractivity contribution in [2.24, 2.45) is 0 Å². The molecule has 37 heavy (non-hydrogen) atoms. The van der Waals surface area contributed by atoms with Crippen molar-refractivity contribution < 1.29 is 18.0 Å². The molecule has 1 unspecified atom stereocenters. The SMILES string of the molecule is CCC(C(=O)NC)N(Cc1ccccc1C)C(=O)CN(c1cccc(Cl)c1Cl)S(=O)(=O)c1ccccc1. The van der Waals surface area contributed by atoms with Crippen molar-refractivity contribution in [2.75, 3.05) is 17.9 Å². The van der Waals surface area contributed by atoms with Gasteiger partial charge in [0, 0.05) is 13.6 Å². The number of halogens is 2. The maximum absolute atomic E-state index is 13.9. The van der Waals surface area contributed by atoms with Gasteiger partial charge < -0.3 is 10.2 Å². The minimum Gasteiger partial charge on any atom is -0.357 e. The number of hydrogen-bond donors (Lipinski definition) is 1. The Labute approximate surface area is 228 Å². The summed E-state index contributed by atoms with van der Waals surface area (Å²) in [5.41, 5.74) is 1.85. The summed E-state index contributed by atoms with van der Waals surface area (Å²) in [5.74, 6) is -0.906. The number of nitrogens with one attached hydrogen (secondary N) is 1. The quantitative estimate of drug-likeness (QED) is 0.375. The molecule has 0 aliphatic heterocycles. The van der Waals surface area contributed by atoms with Gasteiger partial charge in [-0.3, -0.25) is 13.9 Å². The van der Waals surface area contributed by atoms with Crippen LogP contribution in [0.4, 0.5) is 5.69 Å². The van der Waals surface area contributed by atoms with Crippen LogP contribution in [0.3, 0.4) is 0 Å². The average Bonchev–Trinajstić information content (AvgIpc) is 2.90. The average molecular weight is 563 g/mol. The summed E-state index contributed by atoms with van der Waals surface area (Å²) >= 11 is 12.6. The number of nitrogens with zero attached hydrogens (tertiary/aromatic N) is 2. The van der Waals surface area contributed by atoms with Gasteiger partial charge in [-0.15, -0.1) is 0 Å². The topological polar surface area (TPSA) is 86.8 Å². The van der Waals surface area contributed by atoms with Gasteiger partial charge >= 0.3 is 0 Å². The van der Waals surface area contributed by atoms with E-state index in [1.807, 2.05) is 31.2 Å².